The molecule has 2 aromatic heterocycles. The van der Waals surface area contributed by atoms with E-state index in [4.69, 9.17) is 0 Å². The molecule has 3 aromatic rings. The number of aromatic nitrogens is 5. The van der Waals surface area contributed by atoms with Crippen molar-refractivity contribution in [1.82, 2.24) is 29.5 Å². The van der Waals surface area contributed by atoms with E-state index in [0.717, 1.165) is 18.7 Å². The highest BCUT2D eigenvalue weighted by molar-refractivity contribution is 7.99. The molecule has 31 heavy (non-hydrogen) atoms. The summed E-state index contributed by atoms with van der Waals surface area (Å²) >= 11 is 1.35. The maximum atomic E-state index is 12.8. The molecule has 1 atom stereocenters. The van der Waals surface area contributed by atoms with Crippen LogP contribution in [0, 0.1) is 0 Å². The molecule has 0 saturated carbocycles. The first-order valence-electron chi connectivity index (χ1n) is 10.5. The molecule has 1 aromatic carbocycles. The molecule has 0 radical (unpaired) electrons. The van der Waals surface area contributed by atoms with Gasteiger partial charge in [0, 0.05) is 37.9 Å². The lowest BCUT2D eigenvalue weighted by atomic mass is 10.2. The molecular weight excluding hydrogens is 414 g/mol. The van der Waals surface area contributed by atoms with Gasteiger partial charge in [-0.3, -0.25) is 4.79 Å². The Labute approximate surface area is 185 Å². The maximum absolute atomic E-state index is 12.8. The van der Waals surface area contributed by atoms with Crippen molar-refractivity contribution in [3.8, 4) is 0 Å². The fraction of sp³-hybridized carbons (Fsp3) is 0.450. The maximum Gasteiger partial charge on any atom is 0.261 e. The summed E-state index contributed by atoms with van der Waals surface area (Å²) < 4.78 is 1.76. The molecule has 10 nitrogen and oxygen atoms in total. The second kappa shape index (κ2) is 9.82. The fourth-order valence-corrected chi connectivity index (χ4v) is 4.32. The second-order valence-corrected chi connectivity index (χ2v) is 8.12. The number of likely N-dealkylation sites (tertiary alicyclic amines) is 1. The van der Waals surface area contributed by atoms with E-state index in [0.29, 0.717) is 48.2 Å². The van der Waals surface area contributed by atoms with Crippen LogP contribution in [0.1, 0.15) is 20.3 Å². The minimum Gasteiger partial charge on any atom is -0.380 e. The number of amides is 1. The van der Waals surface area contributed by atoms with Crippen LogP contribution in [0.2, 0.25) is 0 Å². The van der Waals surface area contributed by atoms with Crippen LogP contribution in [0.15, 0.2) is 35.5 Å². The van der Waals surface area contributed by atoms with Gasteiger partial charge in [-0.2, -0.15) is 9.97 Å². The molecule has 0 spiro atoms. The second-order valence-electron chi connectivity index (χ2n) is 7.17. The minimum absolute atomic E-state index is 0.0919. The van der Waals surface area contributed by atoms with E-state index in [1.807, 2.05) is 49.1 Å². The number of carbonyl (C=O) groups is 1. The third-order valence-electron chi connectivity index (χ3n) is 4.93. The van der Waals surface area contributed by atoms with Crippen molar-refractivity contribution < 1.29 is 4.79 Å². The van der Waals surface area contributed by atoms with E-state index < -0.39 is 0 Å². The Morgan fingerprint density at radius 3 is 2.71 bits per heavy atom. The number of nitrogens with zero attached hydrogens (tertiary/aromatic N) is 6. The lowest BCUT2D eigenvalue weighted by Crippen LogP contribution is -2.32. The summed E-state index contributed by atoms with van der Waals surface area (Å²) in [7, 11) is 0. The van der Waals surface area contributed by atoms with E-state index in [-0.39, 0.29) is 11.9 Å². The van der Waals surface area contributed by atoms with Crippen LogP contribution in [0.4, 0.5) is 17.6 Å². The third-order valence-corrected chi connectivity index (χ3v) is 5.84. The average molecular weight is 442 g/mol. The van der Waals surface area contributed by atoms with Crippen LogP contribution >= 0.6 is 11.8 Å². The Morgan fingerprint density at radius 2 is 1.94 bits per heavy atom. The first-order valence-corrected chi connectivity index (χ1v) is 11.5. The number of thioether (sulfide) groups is 1. The quantitative estimate of drug-likeness (QED) is 0.430. The number of hydrogen-bond acceptors (Lipinski definition) is 9. The molecule has 0 bridgehead atoms. The minimum atomic E-state index is 0.0919. The van der Waals surface area contributed by atoms with Gasteiger partial charge in [0.2, 0.25) is 17.8 Å². The first-order chi connectivity index (χ1) is 15.2. The van der Waals surface area contributed by atoms with Crippen molar-refractivity contribution in [2.24, 2.45) is 0 Å². The van der Waals surface area contributed by atoms with E-state index in [9.17, 15) is 4.79 Å². The smallest absolute Gasteiger partial charge is 0.261 e. The molecule has 1 amide bonds. The lowest BCUT2D eigenvalue weighted by molar-refractivity contribution is -0.127. The van der Waals surface area contributed by atoms with E-state index in [1.54, 1.807) is 4.40 Å². The summed E-state index contributed by atoms with van der Waals surface area (Å²) in [6.07, 6.45) is 0.935. The standard InChI is InChI=1S/C20H27N9OS/c1-3-21-17-24-18(22-4-2)29-19(25-17)26-27-20(29)31-13-16(30)28-11-10-15(12-28)23-14-8-6-5-7-9-14/h5-9,15,23H,3-4,10-13H2,1-2H3,(H2,21,22,24,25,26). The van der Waals surface area contributed by atoms with Crippen molar-refractivity contribution in [3.05, 3.63) is 30.3 Å². The van der Waals surface area contributed by atoms with Crippen LogP contribution in [-0.4, -0.2) is 73.3 Å². The summed E-state index contributed by atoms with van der Waals surface area (Å²) in [5.74, 6) is 1.94. The topological polar surface area (TPSA) is 112 Å². The van der Waals surface area contributed by atoms with Gasteiger partial charge in [-0.25, -0.2) is 4.40 Å². The zero-order valence-corrected chi connectivity index (χ0v) is 18.5. The molecular formula is C20H27N9OS. The van der Waals surface area contributed by atoms with Crippen LogP contribution in [0.25, 0.3) is 5.78 Å². The van der Waals surface area contributed by atoms with Gasteiger partial charge in [0.05, 0.1) is 5.75 Å². The number of para-hydroxylation sites is 1. The zero-order chi connectivity index (χ0) is 21.6. The Kier molecular flexibility index (Phi) is 6.70. The SMILES string of the molecule is CCNc1nc(NCC)n2c(SCC(=O)N3CCC(Nc4ccccc4)C3)nnc2n1. The third kappa shape index (κ3) is 4.98. The number of fused-ring (bicyclic) bond motifs is 1. The van der Waals surface area contributed by atoms with Gasteiger partial charge in [0.15, 0.2) is 5.16 Å². The molecule has 1 saturated heterocycles. The first kappa shape index (κ1) is 21.2. The molecule has 3 N–H and O–H groups in total. The molecule has 0 aliphatic carbocycles. The van der Waals surface area contributed by atoms with Gasteiger partial charge >= 0.3 is 0 Å². The van der Waals surface area contributed by atoms with Crippen LogP contribution in [0.3, 0.4) is 0 Å². The van der Waals surface area contributed by atoms with Gasteiger partial charge in [-0.05, 0) is 32.4 Å². The fourth-order valence-electron chi connectivity index (χ4n) is 3.49. The van der Waals surface area contributed by atoms with Gasteiger partial charge in [-0.15, -0.1) is 10.2 Å². The number of nitrogens with one attached hydrogen (secondary N) is 3. The van der Waals surface area contributed by atoms with E-state index >= 15 is 0 Å². The number of rotatable bonds is 9. The Bertz CT molecular complexity index is 1030. The van der Waals surface area contributed by atoms with Crippen molar-refractivity contribution in [2.45, 2.75) is 31.5 Å². The molecule has 3 heterocycles. The number of hydrogen-bond donors (Lipinski definition) is 3. The van der Waals surface area contributed by atoms with Gasteiger partial charge in [0.1, 0.15) is 0 Å². The average Bonchev–Trinajstić information content (AvgIpc) is 3.40. The van der Waals surface area contributed by atoms with Crippen molar-refractivity contribution in [3.63, 3.8) is 0 Å². The molecule has 11 heteroatoms. The van der Waals surface area contributed by atoms with Gasteiger partial charge in [-0.1, -0.05) is 30.0 Å². The predicted octanol–water partition coefficient (Wildman–Crippen LogP) is 2.19. The molecule has 4 rings (SSSR count). The number of anilines is 3. The Hall–Kier alpha value is -3.08. The van der Waals surface area contributed by atoms with Crippen LogP contribution in [0.5, 0.6) is 0 Å². The summed E-state index contributed by atoms with van der Waals surface area (Å²) in [4.78, 5) is 23.6. The van der Waals surface area contributed by atoms with Gasteiger partial charge in [0.25, 0.3) is 5.78 Å². The summed E-state index contributed by atoms with van der Waals surface area (Å²) in [5, 5.41) is 18.8. The summed E-state index contributed by atoms with van der Waals surface area (Å²) in [6.45, 7) is 6.84. The molecule has 1 aliphatic rings. The highest BCUT2D eigenvalue weighted by atomic mass is 32.2. The molecule has 164 valence electrons. The monoisotopic (exact) mass is 441 g/mol. The van der Waals surface area contributed by atoms with Gasteiger partial charge < -0.3 is 20.9 Å². The normalized spacial score (nSPS) is 15.9. The molecule has 1 aliphatic heterocycles. The van der Waals surface area contributed by atoms with E-state index in [2.05, 4.69) is 36.1 Å². The predicted molar refractivity (Wildman–Crippen MR) is 123 cm³/mol. The van der Waals surface area contributed by atoms with Crippen LogP contribution in [-0.2, 0) is 4.79 Å². The highest BCUT2D eigenvalue weighted by Gasteiger charge is 2.26. The largest absolute Gasteiger partial charge is 0.380 e. The zero-order valence-electron chi connectivity index (χ0n) is 17.7. The number of benzene rings is 1. The van der Waals surface area contributed by atoms with Crippen LogP contribution < -0.4 is 16.0 Å². The van der Waals surface area contributed by atoms with Crippen molar-refractivity contribution >= 4 is 41.0 Å². The summed E-state index contributed by atoms with van der Waals surface area (Å²) in [6, 6.07) is 10.4. The Morgan fingerprint density at radius 1 is 1.13 bits per heavy atom. The van der Waals surface area contributed by atoms with E-state index in [1.165, 1.54) is 11.8 Å². The summed E-state index contributed by atoms with van der Waals surface area (Å²) in [5.41, 5.74) is 1.08. The lowest BCUT2D eigenvalue weighted by Gasteiger charge is -2.17. The molecule has 1 fully saturated rings. The van der Waals surface area contributed by atoms with Crippen molar-refractivity contribution in [1.29, 1.82) is 0 Å². The Balaban J connectivity index is 1.39. The highest BCUT2D eigenvalue weighted by Crippen LogP contribution is 2.23. The number of carbonyl (C=O) groups excluding carboxylic acids is 1. The van der Waals surface area contributed by atoms with Crippen molar-refractivity contribution in [2.75, 3.05) is 47.9 Å². The molecule has 1 unspecified atom stereocenters.